The van der Waals surface area contributed by atoms with Crippen molar-refractivity contribution in [2.75, 3.05) is 52.3 Å². The zero-order valence-corrected chi connectivity index (χ0v) is 19.7. The van der Waals surface area contributed by atoms with E-state index in [1.54, 1.807) is 56.7 Å². The molecule has 180 valence electrons. The van der Waals surface area contributed by atoms with Crippen LogP contribution in [0.3, 0.4) is 0 Å². The van der Waals surface area contributed by atoms with E-state index >= 15 is 0 Å². The molecule has 2 aromatic carbocycles. The number of hydrogen-bond donors (Lipinski definition) is 2. The first kappa shape index (κ1) is 23.6. The Kier molecular flexibility index (Phi) is 7.69. The molecule has 2 heterocycles. The average molecular weight is 466 g/mol. The van der Waals surface area contributed by atoms with E-state index in [9.17, 15) is 9.59 Å². The highest BCUT2D eigenvalue weighted by Gasteiger charge is 2.20. The molecule has 1 saturated heterocycles. The van der Waals surface area contributed by atoms with Crippen LogP contribution in [-0.2, 0) is 4.79 Å². The molecule has 0 saturated carbocycles. The number of rotatable bonds is 8. The highest BCUT2D eigenvalue weighted by Crippen LogP contribution is 2.37. The van der Waals surface area contributed by atoms with Gasteiger partial charge in [0.05, 0.1) is 19.8 Å². The second-order valence-electron chi connectivity index (χ2n) is 8.40. The minimum atomic E-state index is -0.289. The van der Waals surface area contributed by atoms with Gasteiger partial charge in [-0.1, -0.05) is 12.5 Å². The van der Waals surface area contributed by atoms with Crippen molar-refractivity contribution in [1.29, 1.82) is 0 Å². The largest absolute Gasteiger partial charge is 0.493 e. The summed E-state index contributed by atoms with van der Waals surface area (Å²) in [6, 6.07) is 10.5. The Bertz CT molecular complexity index is 1080. The molecule has 0 radical (unpaired) electrons. The Labute approximate surface area is 199 Å². The van der Waals surface area contributed by atoms with Crippen LogP contribution in [0.2, 0.25) is 0 Å². The van der Waals surface area contributed by atoms with E-state index in [1.807, 2.05) is 0 Å². The maximum Gasteiger partial charge on any atom is 0.255 e. The van der Waals surface area contributed by atoms with Gasteiger partial charge >= 0.3 is 0 Å². The van der Waals surface area contributed by atoms with Gasteiger partial charge in [-0.15, -0.1) is 0 Å². The van der Waals surface area contributed by atoms with Crippen LogP contribution in [-0.4, -0.2) is 63.7 Å². The molecular formula is C26H31N3O5. The monoisotopic (exact) mass is 465 g/mol. The van der Waals surface area contributed by atoms with E-state index in [0.29, 0.717) is 40.6 Å². The summed E-state index contributed by atoms with van der Waals surface area (Å²) in [7, 11) is 3.12. The van der Waals surface area contributed by atoms with Crippen molar-refractivity contribution in [3.8, 4) is 17.2 Å². The second-order valence-corrected chi connectivity index (χ2v) is 8.40. The number of piperidine rings is 1. The van der Waals surface area contributed by atoms with Crippen LogP contribution in [0.25, 0.3) is 6.08 Å². The van der Waals surface area contributed by atoms with Crippen LogP contribution in [0.15, 0.2) is 42.0 Å². The minimum absolute atomic E-state index is 0.130. The van der Waals surface area contributed by atoms with Crippen LogP contribution < -0.4 is 24.8 Å². The van der Waals surface area contributed by atoms with Crippen LogP contribution in [0, 0.1) is 0 Å². The first-order valence-electron chi connectivity index (χ1n) is 11.6. The molecule has 1 fully saturated rings. The summed E-state index contributed by atoms with van der Waals surface area (Å²) in [4.78, 5) is 27.8. The molecular weight excluding hydrogens is 434 g/mol. The van der Waals surface area contributed by atoms with E-state index in [1.165, 1.54) is 19.3 Å². The highest BCUT2D eigenvalue weighted by molar-refractivity contribution is 6.08. The number of ether oxygens (including phenoxy) is 3. The number of carbonyl (C=O) groups excluding carboxylic acids is 2. The number of benzene rings is 2. The van der Waals surface area contributed by atoms with Crippen molar-refractivity contribution in [2.45, 2.75) is 19.3 Å². The predicted octanol–water partition coefficient (Wildman–Crippen LogP) is 3.33. The first-order valence-corrected chi connectivity index (χ1v) is 11.6. The number of anilines is 1. The molecule has 8 nitrogen and oxygen atoms in total. The molecule has 2 N–H and O–H groups in total. The molecule has 0 unspecified atom stereocenters. The van der Waals surface area contributed by atoms with E-state index in [2.05, 4.69) is 15.5 Å². The summed E-state index contributed by atoms with van der Waals surface area (Å²) in [6.07, 6.45) is 5.52. The van der Waals surface area contributed by atoms with Crippen molar-refractivity contribution >= 4 is 23.6 Å². The molecule has 0 aromatic heterocycles. The minimum Gasteiger partial charge on any atom is -0.493 e. The zero-order chi connectivity index (χ0) is 23.9. The van der Waals surface area contributed by atoms with E-state index < -0.39 is 0 Å². The van der Waals surface area contributed by atoms with Gasteiger partial charge in [-0.2, -0.15) is 0 Å². The number of nitrogens with one attached hydrogen (secondary N) is 2. The van der Waals surface area contributed by atoms with Gasteiger partial charge in [0.2, 0.25) is 0 Å². The number of fused-ring (bicyclic) bond motifs is 1. The van der Waals surface area contributed by atoms with Gasteiger partial charge in [0, 0.05) is 36.0 Å². The molecule has 2 aliphatic heterocycles. The topological polar surface area (TPSA) is 89.1 Å². The van der Waals surface area contributed by atoms with Crippen molar-refractivity contribution in [1.82, 2.24) is 10.2 Å². The molecule has 0 spiro atoms. The van der Waals surface area contributed by atoms with Gasteiger partial charge in [0.15, 0.2) is 11.5 Å². The molecule has 0 atom stereocenters. The average Bonchev–Trinajstić information content (AvgIpc) is 2.88. The fourth-order valence-electron chi connectivity index (χ4n) is 4.19. The van der Waals surface area contributed by atoms with Crippen LogP contribution in [0.4, 0.5) is 5.69 Å². The zero-order valence-electron chi connectivity index (χ0n) is 19.7. The van der Waals surface area contributed by atoms with Gasteiger partial charge < -0.3 is 29.7 Å². The molecule has 34 heavy (non-hydrogen) atoms. The Morgan fingerprint density at radius 1 is 1.00 bits per heavy atom. The van der Waals surface area contributed by atoms with Gasteiger partial charge in [-0.25, -0.2) is 0 Å². The smallest absolute Gasteiger partial charge is 0.255 e. The fourth-order valence-corrected chi connectivity index (χ4v) is 4.19. The Balaban J connectivity index is 1.37. The van der Waals surface area contributed by atoms with Crippen molar-refractivity contribution in [3.63, 3.8) is 0 Å². The lowest BCUT2D eigenvalue weighted by molar-refractivity contribution is -0.113. The Morgan fingerprint density at radius 3 is 2.53 bits per heavy atom. The normalized spacial score (nSPS) is 15.4. The summed E-state index contributed by atoms with van der Waals surface area (Å²) >= 11 is 0. The molecule has 2 aromatic rings. The SMILES string of the molecule is COc1cc2c(cc1OC)OCC(C(=O)Nc1cccc(C(=O)NCCN3CCCCC3)c1)=C2. The lowest BCUT2D eigenvalue weighted by atomic mass is 10.1. The van der Waals surface area contributed by atoms with E-state index in [4.69, 9.17) is 14.2 Å². The Morgan fingerprint density at radius 2 is 1.76 bits per heavy atom. The van der Waals surface area contributed by atoms with Crippen molar-refractivity contribution < 1.29 is 23.8 Å². The third-order valence-corrected chi connectivity index (χ3v) is 6.07. The number of amides is 2. The van der Waals surface area contributed by atoms with Gasteiger partial charge in [0.25, 0.3) is 11.8 Å². The number of nitrogens with zero attached hydrogens (tertiary/aromatic N) is 1. The van der Waals surface area contributed by atoms with Crippen LogP contribution in [0.1, 0.15) is 35.2 Å². The third kappa shape index (κ3) is 5.69. The maximum atomic E-state index is 12.9. The fraction of sp³-hybridized carbons (Fsp3) is 0.385. The quantitative estimate of drug-likeness (QED) is 0.622. The summed E-state index contributed by atoms with van der Waals surface area (Å²) in [6.45, 7) is 3.79. The summed E-state index contributed by atoms with van der Waals surface area (Å²) in [5.41, 5.74) is 2.26. The number of likely N-dealkylation sites (tertiary alicyclic amines) is 1. The van der Waals surface area contributed by atoms with E-state index in [0.717, 1.165) is 25.2 Å². The van der Waals surface area contributed by atoms with Crippen LogP contribution in [0.5, 0.6) is 17.2 Å². The molecule has 2 amide bonds. The number of carbonyl (C=O) groups is 2. The Hall–Kier alpha value is -3.52. The number of methoxy groups -OCH3 is 2. The third-order valence-electron chi connectivity index (χ3n) is 6.07. The first-order chi connectivity index (χ1) is 16.6. The highest BCUT2D eigenvalue weighted by atomic mass is 16.5. The molecule has 2 aliphatic rings. The lowest BCUT2D eigenvalue weighted by Gasteiger charge is -2.26. The van der Waals surface area contributed by atoms with Gasteiger partial charge in [0.1, 0.15) is 12.4 Å². The van der Waals surface area contributed by atoms with Crippen LogP contribution >= 0.6 is 0 Å². The van der Waals surface area contributed by atoms with Gasteiger partial charge in [-0.3, -0.25) is 9.59 Å². The van der Waals surface area contributed by atoms with E-state index in [-0.39, 0.29) is 18.4 Å². The second kappa shape index (κ2) is 11.1. The standard InChI is InChI=1S/C26H31N3O5/c1-32-23-15-19-13-20(17-34-22(19)16-24(23)33-2)26(31)28-21-8-6-7-18(14-21)25(30)27-9-12-29-10-4-3-5-11-29/h6-8,13-16H,3-5,9-12,17H2,1-2H3,(H,27,30)(H,28,31). The molecule has 4 rings (SSSR count). The summed E-state index contributed by atoms with van der Waals surface area (Å²) < 4.78 is 16.4. The summed E-state index contributed by atoms with van der Waals surface area (Å²) in [5, 5.41) is 5.84. The maximum absolute atomic E-state index is 12.9. The molecule has 8 heteroatoms. The van der Waals surface area contributed by atoms with Gasteiger partial charge in [-0.05, 0) is 56.3 Å². The predicted molar refractivity (Wildman–Crippen MR) is 131 cm³/mol. The van der Waals surface area contributed by atoms with Crippen molar-refractivity contribution in [2.24, 2.45) is 0 Å². The lowest BCUT2D eigenvalue weighted by Crippen LogP contribution is -2.37. The molecule has 0 bridgehead atoms. The summed E-state index contributed by atoms with van der Waals surface area (Å²) in [5.74, 6) is 1.30. The van der Waals surface area contributed by atoms with Crippen molar-refractivity contribution in [3.05, 3.63) is 53.1 Å². The molecule has 0 aliphatic carbocycles. The number of hydrogen-bond acceptors (Lipinski definition) is 6.